The number of amides is 1. The molecule has 0 atom stereocenters. The third-order valence-electron chi connectivity index (χ3n) is 3.20. The molecular formula is C15H24N2O. The normalized spacial score (nSPS) is 10.7. The molecule has 1 aromatic carbocycles. The van der Waals surface area contributed by atoms with Gasteiger partial charge in [0.1, 0.15) is 0 Å². The molecule has 18 heavy (non-hydrogen) atoms. The molecule has 0 aromatic heterocycles. The Morgan fingerprint density at radius 2 is 1.72 bits per heavy atom. The quantitative estimate of drug-likeness (QED) is 0.804. The summed E-state index contributed by atoms with van der Waals surface area (Å²) in [4.78, 5) is 14.0. The van der Waals surface area contributed by atoms with Gasteiger partial charge in [0.25, 0.3) is 0 Å². The van der Waals surface area contributed by atoms with Gasteiger partial charge < -0.3 is 10.2 Å². The lowest BCUT2D eigenvalue weighted by Crippen LogP contribution is -2.27. The first kappa shape index (κ1) is 14.7. The van der Waals surface area contributed by atoms with Crippen LogP contribution in [0.1, 0.15) is 32.8 Å². The van der Waals surface area contributed by atoms with Gasteiger partial charge in [0.15, 0.2) is 0 Å². The van der Waals surface area contributed by atoms with Gasteiger partial charge in [-0.05, 0) is 37.2 Å². The Balaban J connectivity index is 2.39. The predicted octanol–water partition coefficient (Wildman–Crippen LogP) is 2.92. The van der Waals surface area contributed by atoms with E-state index in [0.29, 0.717) is 6.42 Å². The Labute approximate surface area is 110 Å². The summed E-state index contributed by atoms with van der Waals surface area (Å²) in [6.07, 6.45) is 1.58. The highest BCUT2D eigenvalue weighted by molar-refractivity contribution is 5.90. The number of hydrogen-bond donors (Lipinski definition) is 1. The van der Waals surface area contributed by atoms with E-state index in [-0.39, 0.29) is 5.91 Å². The molecule has 3 nitrogen and oxygen atoms in total. The zero-order valence-electron chi connectivity index (χ0n) is 11.7. The van der Waals surface area contributed by atoms with Crippen LogP contribution in [-0.4, -0.2) is 30.4 Å². The first-order chi connectivity index (χ1) is 8.69. The largest absolute Gasteiger partial charge is 0.326 e. The minimum absolute atomic E-state index is 0.0890. The van der Waals surface area contributed by atoms with Crippen molar-refractivity contribution < 1.29 is 4.79 Å². The number of aryl methyl sites for hydroxylation is 1. The molecule has 3 heteroatoms. The molecule has 0 saturated heterocycles. The SMILES string of the molecule is CCc1ccc(NC(=O)CCN(CC)CC)cc1. The second kappa shape index (κ2) is 7.88. The van der Waals surface area contributed by atoms with Crippen molar-refractivity contribution in [1.29, 1.82) is 0 Å². The van der Waals surface area contributed by atoms with Gasteiger partial charge in [0, 0.05) is 18.7 Å². The second-order valence-electron chi connectivity index (χ2n) is 4.38. The van der Waals surface area contributed by atoms with Crippen molar-refractivity contribution in [2.45, 2.75) is 33.6 Å². The van der Waals surface area contributed by atoms with Gasteiger partial charge in [-0.15, -0.1) is 0 Å². The van der Waals surface area contributed by atoms with E-state index >= 15 is 0 Å². The van der Waals surface area contributed by atoms with Crippen LogP contribution in [0.2, 0.25) is 0 Å². The zero-order valence-corrected chi connectivity index (χ0v) is 11.7. The van der Waals surface area contributed by atoms with Gasteiger partial charge in [-0.1, -0.05) is 32.9 Å². The van der Waals surface area contributed by atoms with Crippen LogP contribution in [0.25, 0.3) is 0 Å². The molecule has 1 aromatic rings. The van der Waals surface area contributed by atoms with E-state index in [1.165, 1.54) is 5.56 Å². The fourth-order valence-corrected chi connectivity index (χ4v) is 1.85. The summed E-state index contributed by atoms with van der Waals surface area (Å²) in [6, 6.07) is 8.04. The molecule has 1 rings (SSSR count). The van der Waals surface area contributed by atoms with Gasteiger partial charge in [-0.2, -0.15) is 0 Å². The van der Waals surface area contributed by atoms with Crippen LogP contribution in [0.3, 0.4) is 0 Å². The lowest BCUT2D eigenvalue weighted by Gasteiger charge is -2.17. The maximum Gasteiger partial charge on any atom is 0.225 e. The highest BCUT2D eigenvalue weighted by atomic mass is 16.1. The van der Waals surface area contributed by atoms with Crippen molar-refractivity contribution in [1.82, 2.24) is 4.90 Å². The topological polar surface area (TPSA) is 32.3 Å². The number of hydrogen-bond acceptors (Lipinski definition) is 2. The number of nitrogens with one attached hydrogen (secondary N) is 1. The highest BCUT2D eigenvalue weighted by Gasteiger charge is 2.05. The van der Waals surface area contributed by atoms with Crippen LogP contribution in [0, 0.1) is 0 Å². The molecule has 0 unspecified atom stereocenters. The van der Waals surface area contributed by atoms with Crippen LogP contribution in [0.15, 0.2) is 24.3 Å². The van der Waals surface area contributed by atoms with E-state index in [0.717, 1.165) is 31.7 Å². The average molecular weight is 248 g/mol. The first-order valence-corrected chi connectivity index (χ1v) is 6.80. The Hall–Kier alpha value is -1.35. The summed E-state index contributed by atoms with van der Waals surface area (Å²) in [7, 11) is 0. The lowest BCUT2D eigenvalue weighted by molar-refractivity contribution is -0.116. The van der Waals surface area contributed by atoms with Gasteiger partial charge in [-0.25, -0.2) is 0 Å². The van der Waals surface area contributed by atoms with E-state index in [9.17, 15) is 4.79 Å². The van der Waals surface area contributed by atoms with Crippen molar-refractivity contribution in [3.05, 3.63) is 29.8 Å². The minimum atomic E-state index is 0.0890. The monoisotopic (exact) mass is 248 g/mol. The number of benzene rings is 1. The minimum Gasteiger partial charge on any atom is -0.326 e. The van der Waals surface area contributed by atoms with E-state index in [1.54, 1.807) is 0 Å². The molecular weight excluding hydrogens is 224 g/mol. The number of carbonyl (C=O) groups excluding carboxylic acids is 1. The van der Waals surface area contributed by atoms with Crippen LogP contribution in [0.5, 0.6) is 0 Å². The molecule has 0 spiro atoms. The second-order valence-corrected chi connectivity index (χ2v) is 4.38. The molecule has 0 bridgehead atoms. The van der Waals surface area contributed by atoms with Crippen LogP contribution in [-0.2, 0) is 11.2 Å². The summed E-state index contributed by atoms with van der Waals surface area (Å²) in [5, 5.41) is 2.93. The first-order valence-electron chi connectivity index (χ1n) is 6.80. The molecule has 0 aliphatic carbocycles. The summed E-state index contributed by atoms with van der Waals surface area (Å²) >= 11 is 0. The molecule has 0 fully saturated rings. The average Bonchev–Trinajstić information content (AvgIpc) is 2.41. The third-order valence-corrected chi connectivity index (χ3v) is 3.20. The Bertz CT molecular complexity index is 355. The van der Waals surface area contributed by atoms with Crippen LogP contribution < -0.4 is 5.32 Å². The number of nitrogens with zero attached hydrogens (tertiary/aromatic N) is 1. The van der Waals surface area contributed by atoms with Gasteiger partial charge in [-0.3, -0.25) is 4.79 Å². The van der Waals surface area contributed by atoms with Crippen molar-refractivity contribution in [2.24, 2.45) is 0 Å². The molecule has 1 N–H and O–H groups in total. The number of rotatable bonds is 7. The van der Waals surface area contributed by atoms with E-state index in [2.05, 4.69) is 43.1 Å². The number of anilines is 1. The zero-order chi connectivity index (χ0) is 13.4. The highest BCUT2D eigenvalue weighted by Crippen LogP contribution is 2.10. The standard InChI is InChI=1S/C15H24N2O/c1-4-13-7-9-14(10-8-13)16-15(18)11-12-17(5-2)6-3/h7-10H,4-6,11-12H2,1-3H3,(H,16,18). The Morgan fingerprint density at radius 1 is 1.11 bits per heavy atom. The Kier molecular flexibility index (Phi) is 6.44. The molecule has 0 aliphatic rings. The van der Waals surface area contributed by atoms with E-state index < -0.39 is 0 Å². The maximum atomic E-state index is 11.8. The molecule has 0 aliphatic heterocycles. The lowest BCUT2D eigenvalue weighted by atomic mass is 10.1. The molecule has 1 amide bonds. The van der Waals surface area contributed by atoms with Crippen molar-refractivity contribution >= 4 is 11.6 Å². The third kappa shape index (κ3) is 4.88. The van der Waals surface area contributed by atoms with Crippen molar-refractivity contribution in [3.8, 4) is 0 Å². The predicted molar refractivity (Wildman–Crippen MR) is 76.9 cm³/mol. The molecule has 100 valence electrons. The maximum absolute atomic E-state index is 11.8. The molecule has 0 radical (unpaired) electrons. The van der Waals surface area contributed by atoms with Crippen LogP contribution in [0.4, 0.5) is 5.69 Å². The van der Waals surface area contributed by atoms with Crippen molar-refractivity contribution in [2.75, 3.05) is 25.0 Å². The van der Waals surface area contributed by atoms with Crippen molar-refractivity contribution in [3.63, 3.8) is 0 Å². The summed E-state index contributed by atoms with van der Waals surface area (Å²) in [5.41, 5.74) is 2.17. The van der Waals surface area contributed by atoms with Gasteiger partial charge in [0.05, 0.1) is 0 Å². The van der Waals surface area contributed by atoms with Gasteiger partial charge in [0.2, 0.25) is 5.91 Å². The summed E-state index contributed by atoms with van der Waals surface area (Å²) < 4.78 is 0. The fraction of sp³-hybridized carbons (Fsp3) is 0.533. The van der Waals surface area contributed by atoms with Crippen LogP contribution >= 0.6 is 0 Å². The number of carbonyl (C=O) groups is 1. The molecule has 0 heterocycles. The Morgan fingerprint density at radius 3 is 2.22 bits per heavy atom. The smallest absolute Gasteiger partial charge is 0.225 e. The summed E-state index contributed by atoms with van der Waals surface area (Å²) in [5.74, 6) is 0.0890. The van der Waals surface area contributed by atoms with E-state index in [4.69, 9.17) is 0 Å². The summed E-state index contributed by atoms with van der Waals surface area (Å²) in [6.45, 7) is 9.17. The van der Waals surface area contributed by atoms with Gasteiger partial charge >= 0.3 is 0 Å². The fourth-order valence-electron chi connectivity index (χ4n) is 1.85. The molecule has 0 saturated carbocycles. The van der Waals surface area contributed by atoms with E-state index in [1.807, 2.05) is 12.1 Å².